The Labute approximate surface area is 183 Å². The third kappa shape index (κ3) is 4.61. The lowest BCUT2D eigenvalue weighted by molar-refractivity contribution is -0.130. The summed E-state index contributed by atoms with van der Waals surface area (Å²) in [5.74, 6) is -0.0171. The fourth-order valence-corrected chi connectivity index (χ4v) is 4.60. The number of benzene rings is 3. The summed E-state index contributed by atoms with van der Waals surface area (Å²) >= 11 is 1.44. The Kier molecular flexibility index (Phi) is 6.32. The lowest BCUT2D eigenvalue weighted by Crippen LogP contribution is -2.31. The van der Waals surface area contributed by atoms with Crippen LogP contribution >= 0.6 is 11.8 Å². The molecule has 0 spiro atoms. The van der Waals surface area contributed by atoms with Crippen molar-refractivity contribution in [2.24, 2.45) is 0 Å². The Hall–Kier alpha value is -3.19. The number of alkyl halides is 2. The van der Waals surface area contributed by atoms with Gasteiger partial charge in [-0.3, -0.25) is 9.36 Å². The number of carbonyl (C=O) groups excluding carboxylic acids is 1. The maximum absolute atomic E-state index is 13.8. The molecule has 0 aliphatic rings. The molecule has 0 saturated carbocycles. The molecule has 1 aromatic heterocycles. The Bertz CT molecular complexity index is 1170. The Morgan fingerprint density at radius 1 is 0.968 bits per heavy atom. The largest absolute Gasteiger partial charge is 0.337 e. The number of amides is 1. The molecule has 7 heteroatoms. The van der Waals surface area contributed by atoms with Crippen LogP contribution in [-0.4, -0.2) is 27.4 Å². The molecule has 1 unspecified atom stereocenters. The van der Waals surface area contributed by atoms with Crippen LogP contribution in [0.3, 0.4) is 0 Å². The van der Waals surface area contributed by atoms with E-state index in [4.69, 9.17) is 0 Å². The zero-order chi connectivity index (χ0) is 21.8. The van der Waals surface area contributed by atoms with Crippen LogP contribution in [0.4, 0.5) is 8.78 Å². The van der Waals surface area contributed by atoms with Crippen molar-refractivity contribution in [1.29, 1.82) is 0 Å². The molecule has 0 N–H and O–H groups in total. The van der Waals surface area contributed by atoms with Crippen LogP contribution in [0.1, 0.15) is 23.2 Å². The zero-order valence-corrected chi connectivity index (χ0v) is 17.7. The standard InChI is InChI=1S/C24H21F2N3OS/c1-28(16-21-27-19-14-8-9-15-20(19)29(21)24(25)26)23(30)22(17-10-4-2-5-11-17)31-18-12-6-3-7-13-18/h2-15,22,24H,16H2,1H3. The van der Waals surface area contributed by atoms with Crippen LogP contribution in [0.2, 0.25) is 0 Å². The average molecular weight is 438 g/mol. The molecule has 1 heterocycles. The second kappa shape index (κ2) is 9.31. The van der Waals surface area contributed by atoms with Gasteiger partial charge in [-0.15, -0.1) is 11.8 Å². The quantitative estimate of drug-likeness (QED) is 0.337. The number of nitrogens with zero attached hydrogens (tertiary/aromatic N) is 3. The number of rotatable bonds is 7. The third-order valence-corrected chi connectivity index (χ3v) is 6.20. The predicted octanol–water partition coefficient (Wildman–Crippen LogP) is 5.92. The van der Waals surface area contributed by atoms with Gasteiger partial charge in [0.2, 0.25) is 5.91 Å². The normalized spacial score (nSPS) is 12.3. The van der Waals surface area contributed by atoms with Crippen molar-refractivity contribution in [3.05, 3.63) is 96.3 Å². The van der Waals surface area contributed by atoms with E-state index in [1.54, 1.807) is 31.3 Å². The van der Waals surface area contributed by atoms with E-state index in [0.29, 0.717) is 11.0 Å². The molecule has 0 aliphatic carbocycles. The highest BCUT2D eigenvalue weighted by molar-refractivity contribution is 8.00. The number of imidazole rings is 1. The van der Waals surface area contributed by atoms with Gasteiger partial charge in [-0.25, -0.2) is 4.98 Å². The minimum atomic E-state index is -2.74. The zero-order valence-electron chi connectivity index (χ0n) is 16.9. The molecule has 4 nitrogen and oxygen atoms in total. The topological polar surface area (TPSA) is 38.1 Å². The van der Waals surface area contributed by atoms with E-state index >= 15 is 0 Å². The van der Waals surface area contributed by atoms with E-state index in [9.17, 15) is 13.6 Å². The van der Waals surface area contributed by atoms with Gasteiger partial charge in [0.1, 0.15) is 11.1 Å². The average Bonchev–Trinajstić information content (AvgIpc) is 3.16. The summed E-state index contributed by atoms with van der Waals surface area (Å²) in [5, 5.41) is -0.502. The first-order valence-corrected chi connectivity index (χ1v) is 10.7. The van der Waals surface area contributed by atoms with Gasteiger partial charge in [0.15, 0.2) is 0 Å². The summed E-state index contributed by atoms with van der Waals surface area (Å²) in [7, 11) is 1.62. The first-order valence-electron chi connectivity index (χ1n) is 9.80. The molecule has 31 heavy (non-hydrogen) atoms. The number of aromatic nitrogens is 2. The highest BCUT2D eigenvalue weighted by Gasteiger charge is 2.27. The molecule has 158 valence electrons. The van der Waals surface area contributed by atoms with Crippen molar-refractivity contribution >= 4 is 28.7 Å². The Morgan fingerprint density at radius 3 is 2.26 bits per heavy atom. The van der Waals surface area contributed by atoms with Crippen LogP contribution < -0.4 is 0 Å². The van der Waals surface area contributed by atoms with Gasteiger partial charge in [-0.1, -0.05) is 60.7 Å². The first-order chi connectivity index (χ1) is 15.0. The first kappa shape index (κ1) is 21.1. The number of likely N-dealkylation sites (N-methyl/N-ethyl adjacent to an activating group) is 1. The van der Waals surface area contributed by atoms with Gasteiger partial charge >= 0.3 is 6.55 Å². The molecule has 1 amide bonds. The van der Waals surface area contributed by atoms with Crippen LogP contribution in [0.15, 0.2) is 89.8 Å². The van der Waals surface area contributed by atoms with Crippen molar-refractivity contribution in [3.63, 3.8) is 0 Å². The summed E-state index contributed by atoms with van der Waals surface area (Å²) in [4.78, 5) is 20.2. The van der Waals surface area contributed by atoms with Gasteiger partial charge in [-0.05, 0) is 29.8 Å². The number of para-hydroxylation sites is 2. The molecule has 4 rings (SSSR count). The van der Waals surface area contributed by atoms with Gasteiger partial charge in [-0.2, -0.15) is 8.78 Å². The number of hydrogen-bond donors (Lipinski definition) is 0. The van der Waals surface area contributed by atoms with Gasteiger partial charge < -0.3 is 4.90 Å². The monoisotopic (exact) mass is 437 g/mol. The fraction of sp³-hybridized carbons (Fsp3) is 0.167. The molecule has 0 bridgehead atoms. The highest BCUT2D eigenvalue weighted by Crippen LogP contribution is 2.37. The number of fused-ring (bicyclic) bond motifs is 1. The van der Waals surface area contributed by atoms with Gasteiger partial charge in [0.25, 0.3) is 0 Å². The minimum absolute atomic E-state index is 0.0173. The number of hydrogen-bond acceptors (Lipinski definition) is 3. The SMILES string of the molecule is CN(Cc1nc2ccccc2n1C(F)F)C(=O)C(Sc1ccccc1)c1ccccc1. The highest BCUT2D eigenvalue weighted by atomic mass is 32.2. The minimum Gasteiger partial charge on any atom is -0.337 e. The molecule has 3 aromatic carbocycles. The van der Waals surface area contributed by atoms with E-state index in [2.05, 4.69) is 4.98 Å². The Balaban J connectivity index is 1.63. The molecule has 0 radical (unpaired) electrons. The van der Waals surface area contributed by atoms with Crippen LogP contribution in [0.5, 0.6) is 0 Å². The van der Waals surface area contributed by atoms with Crippen molar-refractivity contribution in [2.45, 2.75) is 23.2 Å². The molecule has 0 fully saturated rings. The smallest absolute Gasteiger partial charge is 0.320 e. The summed E-state index contributed by atoms with van der Waals surface area (Å²) in [6, 6.07) is 25.9. The van der Waals surface area contributed by atoms with E-state index in [1.807, 2.05) is 60.7 Å². The van der Waals surface area contributed by atoms with Crippen molar-refractivity contribution in [2.75, 3.05) is 7.05 Å². The van der Waals surface area contributed by atoms with E-state index in [1.165, 1.54) is 16.7 Å². The molecule has 1 atom stereocenters. The maximum atomic E-state index is 13.8. The number of halogens is 2. The molecule has 0 saturated heterocycles. The van der Waals surface area contributed by atoms with E-state index < -0.39 is 11.8 Å². The second-order valence-corrected chi connectivity index (χ2v) is 8.26. The van der Waals surface area contributed by atoms with Crippen LogP contribution in [0.25, 0.3) is 11.0 Å². The molecular weight excluding hydrogens is 416 g/mol. The lowest BCUT2D eigenvalue weighted by atomic mass is 10.1. The summed E-state index contributed by atoms with van der Waals surface area (Å²) in [6.07, 6.45) is 0. The maximum Gasteiger partial charge on any atom is 0.320 e. The van der Waals surface area contributed by atoms with Crippen LogP contribution in [0, 0.1) is 0 Å². The van der Waals surface area contributed by atoms with Gasteiger partial charge in [0.05, 0.1) is 17.6 Å². The lowest BCUT2D eigenvalue weighted by Gasteiger charge is -2.24. The van der Waals surface area contributed by atoms with E-state index in [0.717, 1.165) is 15.0 Å². The number of carbonyl (C=O) groups is 1. The summed E-state index contributed by atoms with van der Waals surface area (Å²) < 4.78 is 28.4. The Morgan fingerprint density at radius 2 is 1.58 bits per heavy atom. The fourth-order valence-electron chi connectivity index (χ4n) is 3.44. The van der Waals surface area contributed by atoms with E-state index in [-0.39, 0.29) is 18.3 Å². The molecular formula is C24H21F2N3OS. The van der Waals surface area contributed by atoms with Crippen molar-refractivity contribution in [1.82, 2.24) is 14.5 Å². The van der Waals surface area contributed by atoms with Crippen LogP contribution in [-0.2, 0) is 11.3 Å². The van der Waals surface area contributed by atoms with Crippen molar-refractivity contribution < 1.29 is 13.6 Å². The van der Waals surface area contributed by atoms with Gasteiger partial charge in [0, 0.05) is 11.9 Å². The molecule has 4 aromatic rings. The predicted molar refractivity (Wildman–Crippen MR) is 119 cm³/mol. The summed E-state index contributed by atoms with van der Waals surface area (Å²) in [5.41, 5.74) is 1.69. The second-order valence-electron chi connectivity index (χ2n) is 7.08. The van der Waals surface area contributed by atoms with Crippen molar-refractivity contribution in [3.8, 4) is 0 Å². The number of thioether (sulfide) groups is 1. The summed E-state index contributed by atoms with van der Waals surface area (Å²) in [6.45, 7) is -2.76. The molecule has 0 aliphatic heterocycles. The third-order valence-electron chi connectivity index (χ3n) is 4.94.